The van der Waals surface area contributed by atoms with E-state index in [2.05, 4.69) is 65.8 Å². The fraction of sp³-hybridized carbons (Fsp3) is 0.550. The largest absolute Gasteiger partial charge is 0.295 e. The summed E-state index contributed by atoms with van der Waals surface area (Å²) in [6, 6.07) is 6.81. The number of hydrogen-bond acceptors (Lipinski definition) is 1. The average molecular weight is 284 g/mol. The number of benzene rings is 1. The number of carbonyl (C=O) groups is 1. The van der Waals surface area contributed by atoms with Crippen LogP contribution in [0.4, 0.5) is 0 Å². The maximum atomic E-state index is 11.9. The normalized spacial score (nSPS) is 18.6. The lowest BCUT2D eigenvalue weighted by Crippen LogP contribution is -2.16. The van der Waals surface area contributed by atoms with Gasteiger partial charge in [0.05, 0.1) is 0 Å². The summed E-state index contributed by atoms with van der Waals surface area (Å²) < 4.78 is 0. The molecular weight excluding hydrogens is 256 g/mol. The number of rotatable bonds is 1. The molecule has 1 fully saturated rings. The second kappa shape index (κ2) is 5.44. The predicted molar refractivity (Wildman–Crippen MR) is 90.7 cm³/mol. The van der Waals surface area contributed by atoms with Crippen LogP contribution in [0.5, 0.6) is 0 Å². The van der Waals surface area contributed by atoms with Crippen LogP contribution < -0.4 is 0 Å². The fourth-order valence-electron chi connectivity index (χ4n) is 2.69. The highest BCUT2D eigenvalue weighted by Gasteiger charge is 2.21. The molecule has 0 N–H and O–H groups in total. The Morgan fingerprint density at radius 2 is 1.38 bits per heavy atom. The summed E-state index contributed by atoms with van der Waals surface area (Å²) >= 11 is 0. The third kappa shape index (κ3) is 3.84. The molecule has 0 aliphatic heterocycles. The third-order valence-corrected chi connectivity index (χ3v) is 4.24. The van der Waals surface area contributed by atoms with Gasteiger partial charge in [-0.15, -0.1) is 0 Å². The molecule has 0 amide bonds. The van der Waals surface area contributed by atoms with Gasteiger partial charge in [-0.3, -0.25) is 4.79 Å². The maximum absolute atomic E-state index is 11.9. The van der Waals surface area contributed by atoms with Gasteiger partial charge >= 0.3 is 0 Å². The van der Waals surface area contributed by atoms with Crippen molar-refractivity contribution in [3.05, 3.63) is 40.5 Å². The van der Waals surface area contributed by atoms with E-state index in [1.165, 1.54) is 16.7 Å². The minimum Gasteiger partial charge on any atom is -0.295 e. The Labute approximate surface area is 129 Å². The van der Waals surface area contributed by atoms with Crippen molar-refractivity contribution in [1.82, 2.24) is 0 Å². The minimum absolute atomic E-state index is 0.119. The highest BCUT2D eigenvalue weighted by Crippen LogP contribution is 2.32. The molecule has 0 spiro atoms. The molecule has 1 heteroatoms. The smallest absolute Gasteiger partial charge is 0.158 e. The standard InChI is InChI=1S/C20H28O/c1-19(2,3)16-11-14(10-15-8-7-9-18(15)21)12-17(13-16)20(4,5)6/h10-13H,7-9H2,1-6H3. The molecule has 114 valence electrons. The number of allylic oxidation sites excluding steroid dienone is 1. The van der Waals surface area contributed by atoms with E-state index >= 15 is 0 Å². The van der Waals surface area contributed by atoms with Gasteiger partial charge < -0.3 is 0 Å². The van der Waals surface area contributed by atoms with Crippen LogP contribution >= 0.6 is 0 Å². The van der Waals surface area contributed by atoms with Gasteiger partial charge in [-0.05, 0) is 52.0 Å². The van der Waals surface area contributed by atoms with Crippen molar-refractivity contribution in [2.24, 2.45) is 0 Å². The van der Waals surface area contributed by atoms with Gasteiger partial charge in [0.1, 0.15) is 0 Å². The van der Waals surface area contributed by atoms with Crippen LogP contribution in [0.25, 0.3) is 6.08 Å². The average Bonchev–Trinajstić information content (AvgIpc) is 2.72. The number of hydrogen-bond donors (Lipinski definition) is 0. The second-order valence-corrected chi connectivity index (χ2v) is 8.29. The van der Waals surface area contributed by atoms with Crippen molar-refractivity contribution in [1.29, 1.82) is 0 Å². The summed E-state index contributed by atoms with van der Waals surface area (Å²) in [5, 5.41) is 0. The first-order chi connectivity index (χ1) is 9.57. The van der Waals surface area contributed by atoms with Crippen molar-refractivity contribution in [2.45, 2.75) is 71.6 Å². The van der Waals surface area contributed by atoms with E-state index in [0.29, 0.717) is 5.78 Å². The van der Waals surface area contributed by atoms with Gasteiger partial charge in [-0.25, -0.2) is 0 Å². The van der Waals surface area contributed by atoms with Crippen LogP contribution in [0.2, 0.25) is 0 Å². The lowest BCUT2D eigenvalue weighted by Gasteiger charge is -2.26. The van der Waals surface area contributed by atoms with Crippen LogP contribution in [0.15, 0.2) is 23.8 Å². The van der Waals surface area contributed by atoms with Crippen LogP contribution in [0.3, 0.4) is 0 Å². The Kier molecular flexibility index (Phi) is 4.15. The topological polar surface area (TPSA) is 17.1 Å². The molecule has 1 aliphatic carbocycles. The highest BCUT2D eigenvalue weighted by molar-refractivity contribution is 6.01. The van der Waals surface area contributed by atoms with E-state index in [-0.39, 0.29) is 10.8 Å². The number of carbonyl (C=O) groups excluding carboxylic acids is 1. The quantitative estimate of drug-likeness (QED) is 0.629. The molecule has 1 saturated carbocycles. The molecule has 0 bridgehead atoms. The molecule has 1 aromatic rings. The highest BCUT2D eigenvalue weighted by atomic mass is 16.1. The van der Waals surface area contributed by atoms with Crippen molar-refractivity contribution < 1.29 is 4.79 Å². The molecule has 0 heterocycles. The molecule has 1 nitrogen and oxygen atoms in total. The second-order valence-electron chi connectivity index (χ2n) is 8.29. The summed E-state index contributed by atoms with van der Waals surface area (Å²) in [5.74, 6) is 0.327. The van der Waals surface area contributed by atoms with E-state index in [1.807, 2.05) is 0 Å². The van der Waals surface area contributed by atoms with Gasteiger partial charge in [-0.1, -0.05) is 59.7 Å². The van der Waals surface area contributed by atoms with E-state index in [1.54, 1.807) is 0 Å². The monoisotopic (exact) mass is 284 g/mol. The lowest BCUT2D eigenvalue weighted by molar-refractivity contribution is -0.114. The summed E-state index contributed by atoms with van der Waals surface area (Å²) in [5.41, 5.74) is 5.10. The van der Waals surface area contributed by atoms with Gasteiger partial charge in [0.15, 0.2) is 5.78 Å². The SMILES string of the molecule is CC(C)(C)c1cc(C=C2CCCC2=O)cc(C(C)(C)C)c1. The summed E-state index contributed by atoms with van der Waals surface area (Å²) in [6.45, 7) is 13.5. The molecule has 2 rings (SSSR count). The Morgan fingerprint density at radius 3 is 1.76 bits per heavy atom. The molecule has 0 unspecified atom stereocenters. The number of Topliss-reactive ketones (excluding diaryl/α,β-unsaturated/α-hetero) is 1. The zero-order valence-electron chi connectivity index (χ0n) is 14.3. The zero-order valence-corrected chi connectivity index (χ0v) is 14.3. The number of ketones is 1. The van der Waals surface area contributed by atoms with Crippen molar-refractivity contribution >= 4 is 11.9 Å². The van der Waals surface area contributed by atoms with Crippen LogP contribution in [0.1, 0.15) is 77.5 Å². The Morgan fingerprint density at radius 1 is 0.857 bits per heavy atom. The lowest BCUT2D eigenvalue weighted by atomic mass is 9.79. The van der Waals surface area contributed by atoms with Crippen LogP contribution in [-0.2, 0) is 15.6 Å². The third-order valence-electron chi connectivity index (χ3n) is 4.24. The zero-order chi connectivity index (χ0) is 15.8. The van der Waals surface area contributed by atoms with Gasteiger partial charge in [-0.2, -0.15) is 0 Å². The first-order valence-electron chi connectivity index (χ1n) is 7.97. The van der Waals surface area contributed by atoms with Crippen LogP contribution in [-0.4, -0.2) is 5.78 Å². The molecule has 0 atom stereocenters. The molecule has 1 aliphatic rings. The first-order valence-corrected chi connectivity index (χ1v) is 7.97. The molecule has 0 aromatic heterocycles. The summed E-state index contributed by atoms with van der Waals surface area (Å²) in [4.78, 5) is 11.9. The van der Waals surface area contributed by atoms with E-state index in [0.717, 1.165) is 24.8 Å². The predicted octanol–water partition coefficient (Wildman–Crippen LogP) is 5.42. The Balaban J connectivity index is 2.53. The van der Waals surface area contributed by atoms with Crippen molar-refractivity contribution in [3.8, 4) is 0 Å². The summed E-state index contributed by atoms with van der Waals surface area (Å²) in [7, 11) is 0. The van der Waals surface area contributed by atoms with Gasteiger partial charge in [0, 0.05) is 6.42 Å². The fourth-order valence-corrected chi connectivity index (χ4v) is 2.69. The van der Waals surface area contributed by atoms with Crippen LogP contribution in [0, 0.1) is 0 Å². The molecule has 0 saturated heterocycles. The maximum Gasteiger partial charge on any atom is 0.158 e. The van der Waals surface area contributed by atoms with E-state index < -0.39 is 0 Å². The summed E-state index contributed by atoms with van der Waals surface area (Å²) in [6.07, 6.45) is 4.77. The molecular formula is C20H28O. The van der Waals surface area contributed by atoms with Gasteiger partial charge in [0.25, 0.3) is 0 Å². The molecule has 0 radical (unpaired) electrons. The van der Waals surface area contributed by atoms with E-state index in [4.69, 9.17) is 0 Å². The minimum atomic E-state index is 0.119. The van der Waals surface area contributed by atoms with Gasteiger partial charge in [0.2, 0.25) is 0 Å². The molecule has 21 heavy (non-hydrogen) atoms. The van der Waals surface area contributed by atoms with Crippen molar-refractivity contribution in [3.63, 3.8) is 0 Å². The molecule has 1 aromatic carbocycles. The Hall–Kier alpha value is -1.37. The van der Waals surface area contributed by atoms with Crippen molar-refractivity contribution in [2.75, 3.05) is 0 Å². The van der Waals surface area contributed by atoms with E-state index in [9.17, 15) is 4.79 Å². The Bertz CT molecular complexity index is 545. The first kappa shape index (κ1) is 16.0.